The normalized spacial score (nSPS) is 10.9. The quantitative estimate of drug-likeness (QED) is 0.619. The molecule has 2 aromatic rings. The molecule has 1 aromatic carbocycles. The fourth-order valence-corrected chi connectivity index (χ4v) is 3.33. The molecule has 0 atom stereocenters. The minimum Gasteiger partial charge on any atom is -0.392 e. The van der Waals surface area contributed by atoms with Gasteiger partial charge in [-0.05, 0) is 31.2 Å². The number of aryl methyl sites for hydroxylation is 1. The Balaban J connectivity index is 2.27. The van der Waals surface area contributed by atoms with Gasteiger partial charge in [0.2, 0.25) is 0 Å². The van der Waals surface area contributed by atoms with Gasteiger partial charge in [-0.15, -0.1) is 11.8 Å². The Bertz CT molecular complexity index is 537. The molecule has 1 N–H and O–H groups in total. The highest BCUT2D eigenvalue weighted by Gasteiger charge is 2.15. The second-order valence-electron chi connectivity index (χ2n) is 4.83. The summed E-state index contributed by atoms with van der Waals surface area (Å²) in [6.45, 7) is 4.22. The highest BCUT2D eigenvalue weighted by molar-refractivity contribution is 7.99. The molecule has 2 rings (SSSR count). The van der Waals surface area contributed by atoms with Crippen LogP contribution >= 0.6 is 11.8 Å². The van der Waals surface area contributed by atoms with Gasteiger partial charge in [-0.1, -0.05) is 38.0 Å². The fourth-order valence-electron chi connectivity index (χ4n) is 2.13. The molecule has 1 aromatic heterocycles. The van der Waals surface area contributed by atoms with E-state index in [0.29, 0.717) is 0 Å². The van der Waals surface area contributed by atoms with Gasteiger partial charge < -0.3 is 5.11 Å². The van der Waals surface area contributed by atoms with Crippen LogP contribution in [0.2, 0.25) is 0 Å². The van der Waals surface area contributed by atoms with E-state index in [9.17, 15) is 5.11 Å². The van der Waals surface area contributed by atoms with Gasteiger partial charge in [0, 0.05) is 5.56 Å². The van der Waals surface area contributed by atoms with Crippen LogP contribution in [0.4, 0.5) is 0 Å². The Labute approximate surface area is 125 Å². The van der Waals surface area contributed by atoms with Crippen LogP contribution in [0, 0.1) is 6.92 Å². The van der Waals surface area contributed by atoms with Crippen LogP contribution in [0.25, 0.3) is 5.69 Å². The van der Waals surface area contributed by atoms with Crippen molar-refractivity contribution < 1.29 is 5.11 Å². The zero-order chi connectivity index (χ0) is 14.4. The van der Waals surface area contributed by atoms with E-state index in [4.69, 9.17) is 0 Å². The number of aliphatic hydroxyl groups is 1. The number of thioether (sulfide) groups is 1. The van der Waals surface area contributed by atoms with Crippen molar-refractivity contribution in [1.82, 2.24) is 9.78 Å². The van der Waals surface area contributed by atoms with E-state index >= 15 is 0 Å². The standard InChI is InChI=1S/C16H22N2OS/c1-3-4-8-11-20-16-15(12-19)13(2)17-18(16)14-9-6-5-7-10-14/h5-7,9-10,19H,3-4,8,11-12H2,1-2H3. The average Bonchev–Trinajstić information content (AvgIpc) is 2.80. The first kappa shape index (κ1) is 15.1. The fraction of sp³-hybridized carbons (Fsp3) is 0.438. The first-order valence-electron chi connectivity index (χ1n) is 7.15. The zero-order valence-electron chi connectivity index (χ0n) is 12.2. The smallest absolute Gasteiger partial charge is 0.106 e. The van der Waals surface area contributed by atoms with E-state index < -0.39 is 0 Å². The van der Waals surface area contributed by atoms with Gasteiger partial charge in [0.05, 0.1) is 18.0 Å². The van der Waals surface area contributed by atoms with E-state index in [1.54, 1.807) is 11.8 Å². The number of unbranched alkanes of at least 4 members (excludes halogenated alkanes) is 2. The van der Waals surface area contributed by atoms with Crippen molar-refractivity contribution in [3.05, 3.63) is 41.6 Å². The van der Waals surface area contributed by atoms with Crippen molar-refractivity contribution in [2.45, 2.75) is 44.7 Å². The van der Waals surface area contributed by atoms with Gasteiger partial charge in [-0.3, -0.25) is 0 Å². The van der Waals surface area contributed by atoms with Crippen LogP contribution in [0.3, 0.4) is 0 Å². The summed E-state index contributed by atoms with van der Waals surface area (Å²) in [4.78, 5) is 0. The second-order valence-corrected chi connectivity index (χ2v) is 5.91. The molecule has 0 aliphatic rings. The lowest BCUT2D eigenvalue weighted by Crippen LogP contribution is -1.99. The Morgan fingerprint density at radius 2 is 1.95 bits per heavy atom. The lowest BCUT2D eigenvalue weighted by atomic mass is 10.3. The molecule has 0 bridgehead atoms. The summed E-state index contributed by atoms with van der Waals surface area (Å²) in [5.74, 6) is 1.07. The van der Waals surface area contributed by atoms with Crippen LogP contribution in [0.1, 0.15) is 37.4 Å². The number of para-hydroxylation sites is 1. The lowest BCUT2D eigenvalue weighted by molar-refractivity contribution is 0.278. The summed E-state index contributed by atoms with van der Waals surface area (Å²) in [6.07, 6.45) is 3.68. The maximum Gasteiger partial charge on any atom is 0.106 e. The zero-order valence-corrected chi connectivity index (χ0v) is 13.0. The molecule has 1 heterocycles. The number of hydrogen-bond donors (Lipinski definition) is 1. The summed E-state index contributed by atoms with van der Waals surface area (Å²) < 4.78 is 1.96. The van der Waals surface area contributed by atoms with Gasteiger partial charge >= 0.3 is 0 Å². The molecule has 0 radical (unpaired) electrons. The minimum absolute atomic E-state index is 0.0504. The molecule has 3 nitrogen and oxygen atoms in total. The first-order chi connectivity index (χ1) is 9.77. The summed E-state index contributed by atoms with van der Waals surface area (Å²) >= 11 is 1.79. The van der Waals surface area contributed by atoms with Crippen LogP contribution in [0.15, 0.2) is 35.4 Å². The molecule has 0 unspecified atom stereocenters. The SMILES string of the molecule is CCCCCSc1c(CO)c(C)nn1-c1ccccc1. The molecule has 0 aliphatic heterocycles. The van der Waals surface area contributed by atoms with Crippen LogP contribution in [0.5, 0.6) is 0 Å². The van der Waals surface area contributed by atoms with Crippen LogP contribution < -0.4 is 0 Å². The van der Waals surface area contributed by atoms with Crippen molar-refractivity contribution in [2.75, 3.05) is 5.75 Å². The van der Waals surface area contributed by atoms with E-state index in [2.05, 4.69) is 12.0 Å². The van der Waals surface area contributed by atoms with E-state index in [1.165, 1.54) is 19.3 Å². The molecule has 0 saturated carbocycles. The summed E-state index contributed by atoms with van der Waals surface area (Å²) in [5, 5.41) is 15.3. The van der Waals surface area contributed by atoms with Crippen molar-refractivity contribution in [3.63, 3.8) is 0 Å². The molecular weight excluding hydrogens is 268 g/mol. The monoisotopic (exact) mass is 290 g/mol. The minimum atomic E-state index is 0.0504. The molecule has 0 saturated heterocycles. The molecule has 0 spiro atoms. The summed E-state index contributed by atoms with van der Waals surface area (Å²) in [5.41, 5.74) is 2.91. The molecule has 0 aliphatic carbocycles. The van der Waals surface area contributed by atoms with Gasteiger partial charge in [-0.2, -0.15) is 5.10 Å². The largest absolute Gasteiger partial charge is 0.392 e. The number of benzene rings is 1. The van der Waals surface area contributed by atoms with E-state index in [1.807, 2.05) is 41.9 Å². The Morgan fingerprint density at radius 1 is 1.20 bits per heavy atom. The number of nitrogens with zero attached hydrogens (tertiary/aromatic N) is 2. The van der Waals surface area contributed by atoms with Gasteiger partial charge in [0.15, 0.2) is 0 Å². The first-order valence-corrected chi connectivity index (χ1v) is 8.14. The molecule has 0 fully saturated rings. The highest BCUT2D eigenvalue weighted by Crippen LogP contribution is 2.29. The lowest BCUT2D eigenvalue weighted by Gasteiger charge is -2.08. The number of hydrogen-bond acceptors (Lipinski definition) is 3. The van der Waals surface area contributed by atoms with Gasteiger partial charge in [-0.25, -0.2) is 4.68 Å². The van der Waals surface area contributed by atoms with Crippen molar-refractivity contribution in [3.8, 4) is 5.69 Å². The molecule has 20 heavy (non-hydrogen) atoms. The number of aromatic nitrogens is 2. The Morgan fingerprint density at radius 3 is 2.60 bits per heavy atom. The maximum absolute atomic E-state index is 9.60. The van der Waals surface area contributed by atoms with Gasteiger partial charge in [0.1, 0.15) is 5.03 Å². The number of rotatable bonds is 7. The maximum atomic E-state index is 9.60. The second kappa shape index (κ2) is 7.50. The van der Waals surface area contributed by atoms with E-state index in [-0.39, 0.29) is 6.61 Å². The Kier molecular flexibility index (Phi) is 5.68. The van der Waals surface area contributed by atoms with Crippen LogP contribution in [-0.2, 0) is 6.61 Å². The van der Waals surface area contributed by atoms with E-state index in [0.717, 1.165) is 27.7 Å². The third kappa shape index (κ3) is 3.44. The molecule has 0 amide bonds. The topological polar surface area (TPSA) is 38.1 Å². The average molecular weight is 290 g/mol. The predicted octanol–water partition coefficient (Wildman–Crippen LogP) is 3.96. The van der Waals surface area contributed by atoms with Crippen LogP contribution in [-0.4, -0.2) is 20.6 Å². The van der Waals surface area contributed by atoms with Gasteiger partial charge in [0.25, 0.3) is 0 Å². The number of aliphatic hydroxyl groups excluding tert-OH is 1. The molecule has 108 valence electrons. The third-order valence-corrected chi connectivity index (χ3v) is 4.47. The molecule has 4 heteroatoms. The van der Waals surface area contributed by atoms with Crippen molar-refractivity contribution in [1.29, 1.82) is 0 Å². The predicted molar refractivity (Wildman–Crippen MR) is 84.5 cm³/mol. The third-order valence-electron chi connectivity index (χ3n) is 3.28. The molecular formula is C16H22N2OS. The van der Waals surface area contributed by atoms with Crippen molar-refractivity contribution >= 4 is 11.8 Å². The Hall–Kier alpha value is -1.26. The summed E-state index contributed by atoms with van der Waals surface area (Å²) in [6, 6.07) is 10.1. The summed E-state index contributed by atoms with van der Waals surface area (Å²) in [7, 11) is 0. The van der Waals surface area contributed by atoms with Crippen molar-refractivity contribution in [2.24, 2.45) is 0 Å². The highest BCUT2D eigenvalue weighted by atomic mass is 32.2.